The summed E-state index contributed by atoms with van der Waals surface area (Å²) in [7, 11) is 1.28. The predicted octanol–water partition coefficient (Wildman–Crippen LogP) is 1.70. The van der Waals surface area contributed by atoms with Gasteiger partial charge in [-0.2, -0.15) is 0 Å². The van der Waals surface area contributed by atoms with E-state index in [2.05, 4.69) is 4.74 Å². The zero-order chi connectivity index (χ0) is 9.84. The first-order valence-electron chi connectivity index (χ1n) is 3.66. The van der Waals surface area contributed by atoms with Crippen LogP contribution in [0.5, 0.6) is 0 Å². The van der Waals surface area contributed by atoms with Gasteiger partial charge in [-0.25, -0.2) is 4.79 Å². The van der Waals surface area contributed by atoms with Crippen LogP contribution in [0.25, 0.3) is 0 Å². The molecule has 0 aromatic heterocycles. The highest BCUT2D eigenvalue weighted by Gasteiger charge is 2.14. The number of carbonyl (C=O) groups is 1. The van der Waals surface area contributed by atoms with E-state index in [0.29, 0.717) is 5.56 Å². The lowest BCUT2D eigenvalue weighted by molar-refractivity contribution is 0.0596. The lowest BCUT2D eigenvalue weighted by atomic mass is 10.1. The summed E-state index contributed by atoms with van der Waals surface area (Å²) in [5.74, 6) is -0.504. The SMILES string of the molecule is COC(=O)c1ccccc1C(O)Cl. The van der Waals surface area contributed by atoms with Gasteiger partial charge < -0.3 is 9.84 Å². The lowest BCUT2D eigenvalue weighted by Crippen LogP contribution is -2.06. The molecule has 3 nitrogen and oxygen atoms in total. The van der Waals surface area contributed by atoms with Crippen LogP contribution in [0.15, 0.2) is 24.3 Å². The molecular formula is C9H9ClO3. The number of benzene rings is 1. The van der Waals surface area contributed by atoms with Gasteiger partial charge in [0.2, 0.25) is 0 Å². The van der Waals surface area contributed by atoms with Crippen molar-refractivity contribution >= 4 is 17.6 Å². The topological polar surface area (TPSA) is 46.5 Å². The van der Waals surface area contributed by atoms with Gasteiger partial charge in [0.25, 0.3) is 0 Å². The van der Waals surface area contributed by atoms with E-state index in [1.165, 1.54) is 7.11 Å². The van der Waals surface area contributed by atoms with Gasteiger partial charge in [0.1, 0.15) is 0 Å². The third-order valence-electron chi connectivity index (χ3n) is 1.62. The highest BCUT2D eigenvalue weighted by atomic mass is 35.5. The van der Waals surface area contributed by atoms with Crippen LogP contribution in [-0.4, -0.2) is 18.2 Å². The zero-order valence-electron chi connectivity index (χ0n) is 7.03. The molecule has 1 rings (SSSR count). The fourth-order valence-corrected chi connectivity index (χ4v) is 1.19. The minimum atomic E-state index is -1.18. The van der Waals surface area contributed by atoms with E-state index in [4.69, 9.17) is 16.7 Å². The third kappa shape index (κ3) is 2.20. The molecule has 0 aliphatic rings. The van der Waals surface area contributed by atoms with Crippen LogP contribution < -0.4 is 0 Å². The Bertz CT molecular complexity index is 309. The number of halogens is 1. The molecule has 0 heterocycles. The molecule has 0 saturated heterocycles. The molecule has 1 atom stereocenters. The maximum atomic E-state index is 11.1. The smallest absolute Gasteiger partial charge is 0.338 e. The van der Waals surface area contributed by atoms with E-state index >= 15 is 0 Å². The summed E-state index contributed by atoms with van der Waals surface area (Å²) in [6.45, 7) is 0. The number of ether oxygens (including phenoxy) is 1. The van der Waals surface area contributed by atoms with Crippen molar-refractivity contribution in [2.24, 2.45) is 0 Å². The average Bonchev–Trinajstić information content (AvgIpc) is 2.16. The van der Waals surface area contributed by atoms with Crippen LogP contribution in [0.4, 0.5) is 0 Å². The second-order valence-corrected chi connectivity index (χ2v) is 2.83. The van der Waals surface area contributed by atoms with Crippen molar-refractivity contribution < 1.29 is 14.6 Å². The Morgan fingerprint density at radius 2 is 2.15 bits per heavy atom. The Morgan fingerprint density at radius 3 is 2.69 bits per heavy atom. The average molecular weight is 201 g/mol. The summed E-state index contributed by atoms with van der Waals surface area (Å²) < 4.78 is 4.52. The molecule has 0 amide bonds. The monoisotopic (exact) mass is 200 g/mol. The van der Waals surface area contributed by atoms with Gasteiger partial charge in [-0.3, -0.25) is 0 Å². The number of hydrogen-bond acceptors (Lipinski definition) is 3. The molecule has 1 aromatic rings. The van der Waals surface area contributed by atoms with Crippen molar-refractivity contribution in [1.29, 1.82) is 0 Å². The molecule has 4 heteroatoms. The number of carbonyl (C=O) groups excluding carboxylic acids is 1. The van der Waals surface area contributed by atoms with Gasteiger partial charge in [-0.15, -0.1) is 0 Å². The number of rotatable bonds is 2. The Morgan fingerprint density at radius 1 is 1.54 bits per heavy atom. The van der Waals surface area contributed by atoms with Crippen molar-refractivity contribution in [3.05, 3.63) is 35.4 Å². The van der Waals surface area contributed by atoms with Crippen LogP contribution in [0, 0.1) is 0 Å². The number of alkyl halides is 1. The molecule has 1 N–H and O–H groups in total. The van der Waals surface area contributed by atoms with E-state index in [1.807, 2.05) is 0 Å². The molecule has 0 spiro atoms. The van der Waals surface area contributed by atoms with E-state index in [9.17, 15) is 4.79 Å². The number of hydrogen-bond donors (Lipinski definition) is 1. The van der Waals surface area contributed by atoms with Crippen LogP contribution in [-0.2, 0) is 4.74 Å². The Hall–Kier alpha value is -1.06. The molecule has 13 heavy (non-hydrogen) atoms. The van der Waals surface area contributed by atoms with Crippen LogP contribution in [0.1, 0.15) is 21.5 Å². The maximum absolute atomic E-state index is 11.1. The Labute approximate surface area is 80.9 Å². The first-order valence-corrected chi connectivity index (χ1v) is 4.10. The predicted molar refractivity (Wildman–Crippen MR) is 48.6 cm³/mol. The van der Waals surface area contributed by atoms with Gasteiger partial charge >= 0.3 is 5.97 Å². The largest absolute Gasteiger partial charge is 0.465 e. The van der Waals surface area contributed by atoms with E-state index in [-0.39, 0.29) is 5.56 Å². The molecule has 0 radical (unpaired) electrons. The summed E-state index contributed by atoms with van der Waals surface area (Å²) in [6.07, 6.45) is 0. The Kier molecular flexibility index (Phi) is 3.28. The molecule has 0 saturated carbocycles. The minimum absolute atomic E-state index is 0.285. The molecule has 1 unspecified atom stereocenters. The maximum Gasteiger partial charge on any atom is 0.338 e. The van der Waals surface area contributed by atoms with Gasteiger partial charge in [-0.1, -0.05) is 29.8 Å². The fourth-order valence-electron chi connectivity index (χ4n) is 1.00. The van der Waals surface area contributed by atoms with Crippen molar-refractivity contribution in [3.63, 3.8) is 0 Å². The van der Waals surface area contributed by atoms with Gasteiger partial charge in [0.15, 0.2) is 5.56 Å². The second kappa shape index (κ2) is 4.25. The first kappa shape index (κ1) is 10.0. The van der Waals surface area contributed by atoms with Crippen molar-refractivity contribution in [2.45, 2.75) is 5.56 Å². The molecule has 0 bridgehead atoms. The van der Waals surface area contributed by atoms with Gasteiger partial charge in [0, 0.05) is 5.56 Å². The molecule has 0 fully saturated rings. The highest BCUT2D eigenvalue weighted by Crippen LogP contribution is 2.21. The first-order chi connectivity index (χ1) is 6.16. The summed E-state index contributed by atoms with van der Waals surface area (Å²) in [5, 5.41) is 9.11. The standard InChI is InChI=1S/C9H9ClO3/c1-13-9(12)7-5-3-2-4-6(7)8(10)11/h2-5,8,11H,1H3. The van der Waals surface area contributed by atoms with Gasteiger partial charge in [0.05, 0.1) is 12.7 Å². The molecular weight excluding hydrogens is 192 g/mol. The zero-order valence-corrected chi connectivity index (χ0v) is 7.78. The second-order valence-electron chi connectivity index (χ2n) is 2.41. The molecule has 0 aliphatic carbocycles. The Balaban J connectivity index is 3.12. The van der Waals surface area contributed by atoms with Crippen molar-refractivity contribution in [1.82, 2.24) is 0 Å². The quantitative estimate of drug-likeness (QED) is 0.584. The minimum Gasteiger partial charge on any atom is -0.465 e. The lowest BCUT2D eigenvalue weighted by Gasteiger charge is -2.07. The summed E-state index contributed by atoms with van der Waals surface area (Å²) in [4.78, 5) is 11.1. The highest BCUT2D eigenvalue weighted by molar-refractivity contribution is 6.20. The van der Waals surface area contributed by atoms with E-state index < -0.39 is 11.5 Å². The fraction of sp³-hybridized carbons (Fsp3) is 0.222. The van der Waals surface area contributed by atoms with Crippen LogP contribution in [0.3, 0.4) is 0 Å². The van der Waals surface area contributed by atoms with Crippen molar-refractivity contribution in [2.75, 3.05) is 7.11 Å². The third-order valence-corrected chi connectivity index (χ3v) is 1.86. The summed E-state index contributed by atoms with van der Waals surface area (Å²) >= 11 is 5.46. The molecule has 1 aromatic carbocycles. The van der Waals surface area contributed by atoms with E-state index in [1.54, 1.807) is 24.3 Å². The number of aliphatic hydroxyl groups excluding tert-OH is 1. The normalized spacial score (nSPS) is 12.2. The summed E-state index contributed by atoms with van der Waals surface area (Å²) in [5.41, 5.74) is -0.543. The molecule has 70 valence electrons. The number of esters is 1. The van der Waals surface area contributed by atoms with E-state index in [0.717, 1.165) is 0 Å². The van der Waals surface area contributed by atoms with Crippen LogP contribution in [0.2, 0.25) is 0 Å². The van der Waals surface area contributed by atoms with Crippen LogP contribution >= 0.6 is 11.6 Å². The van der Waals surface area contributed by atoms with Gasteiger partial charge in [-0.05, 0) is 6.07 Å². The number of aliphatic hydroxyl groups is 1. The number of methoxy groups -OCH3 is 1. The van der Waals surface area contributed by atoms with Crippen molar-refractivity contribution in [3.8, 4) is 0 Å². The summed E-state index contributed by atoms with van der Waals surface area (Å²) in [6, 6.07) is 6.49. The molecule has 0 aliphatic heterocycles.